The van der Waals surface area contributed by atoms with Crippen LogP contribution in [0.5, 0.6) is 0 Å². The monoisotopic (exact) mass is 397 g/mol. The largest absolute Gasteiger partial charge is 0.337 e. The summed E-state index contributed by atoms with van der Waals surface area (Å²) < 4.78 is 0. The van der Waals surface area contributed by atoms with Gasteiger partial charge in [0.2, 0.25) is 0 Å². The summed E-state index contributed by atoms with van der Waals surface area (Å²) >= 11 is 0. The molecule has 0 saturated carbocycles. The van der Waals surface area contributed by atoms with Crippen LogP contribution in [0.25, 0.3) is 5.57 Å². The number of aliphatic imine (C=N–C) groups is 1. The zero-order valence-corrected chi connectivity index (χ0v) is 17.9. The molecule has 4 nitrogen and oxygen atoms in total. The summed E-state index contributed by atoms with van der Waals surface area (Å²) in [7, 11) is 0. The molecule has 1 fully saturated rings. The van der Waals surface area contributed by atoms with E-state index in [9.17, 15) is 4.79 Å². The molecule has 2 aliphatic heterocycles. The summed E-state index contributed by atoms with van der Waals surface area (Å²) in [5.74, 6) is 0.434. The minimum Gasteiger partial charge on any atom is -0.337 e. The van der Waals surface area contributed by atoms with Gasteiger partial charge in [-0.15, -0.1) is 0 Å². The van der Waals surface area contributed by atoms with E-state index in [0.717, 1.165) is 49.2 Å². The lowest BCUT2D eigenvalue weighted by Gasteiger charge is -2.39. The number of nitriles is 1. The van der Waals surface area contributed by atoms with E-state index in [1.54, 1.807) is 0 Å². The van der Waals surface area contributed by atoms with Crippen LogP contribution in [0.2, 0.25) is 0 Å². The first-order chi connectivity index (χ1) is 14.5. The summed E-state index contributed by atoms with van der Waals surface area (Å²) in [6.07, 6.45) is 3.12. The Kier molecular flexibility index (Phi) is 5.55. The smallest absolute Gasteiger partial charge is 0.253 e. The number of aryl methyl sites for hydroxylation is 1. The third-order valence-electron chi connectivity index (χ3n) is 6.25. The molecule has 2 aromatic rings. The molecule has 0 unspecified atom stereocenters. The number of rotatable bonds is 3. The van der Waals surface area contributed by atoms with Crippen LogP contribution in [0.3, 0.4) is 0 Å². The molecule has 0 aromatic heterocycles. The van der Waals surface area contributed by atoms with Crippen molar-refractivity contribution in [2.24, 2.45) is 4.99 Å². The number of hydrogen-bond acceptors (Lipinski definition) is 3. The number of nitrogens with zero attached hydrogens (tertiary/aromatic N) is 3. The van der Waals surface area contributed by atoms with Gasteiger partial charge in [0.15, 0.2) is 0 Å². The van der Waals surface area contributed by atoms with Crippen LogP contribution in [-0.4, -0.2) is 29.6 Å². The maximum atomic E-state index is 13.1. The van der Waals surface area contributed by atoms with E-state index in [2.05, 4.69) is 39.0 Å². The lowest BCUT2D eigenvalue weighted by molar-refractivity contribution is 0.0602. The first kappa shape index (κ1) is 20.1. The van der Waals surface area contributed by atoms with Gasteiger partial charge in [-0.05, 0) is 86.6 Å². The summed E-state index contributed by atoms with van der Waals surface area (Å²) in [4.78, 5) is 19.8. The van der Waals surface area contributed by atoms with Crippen LogP contribution >= 0.6 is 0 Å². The number of likely N-dealkylation sites (tertiary alicyclic amines) is 1. The van der Waals surface area contributed by atoms with Crippen molar-refractivity contribution in [1.82, 2.24) is 4.90 Å². The minimum absolute atomic E-state index is 0.0905. The van der Waals surface area contributed by atoms with Gasteiger partial charge in [0.25, 0.3) is 5.91 Å². The van der Waals surface area contributed by atoms with Gasteiger partial charge in [0.05, 0.1) is 11.6 Å². The zero-order valence-electron chi connectivity index (χ0n) is 17.9. The molecule has 4 rings (SSSR count). The molecular formula is C26H27N3O. The van der Waals surface area contributed by atoms with Crippen LogP contribution in [0.4, 0.5) is 0 Å². The van der Waals surface area contributed by atoms with E-state index in [4.69, 9.17) is 10.3 Å². The van der Waals surface area contributed by atoms with E-state index in [1.165, 1.54) is 22.4 Å². The van der Waals surface area contributed by atoms with Crippen LogP contribution in [0.1, 0.15) is 71.6 Å². The van der Waals surface area contributed by atoms with Gasteiger partial charge in [-0.1, -0.05) is 18.2 Å². The highest BCUT2D eigenvalue weighted by molar-refractivity contribution is 5.96. The third kappa shape index (κ3) is 3.93. The van der Waals surface area contributed by atoms with Crippen LogP contribution < -0.4 is 0 Å². The second-order valence-electron chi connectivity index (χ2n) is 8.44. The fourth-order valence-corrected chi connectivity index (χ4v) is 4.39. The second-order valence-corrected chi connectivity index (χ2v) is 8.44. The zero-order chi connectivity index (χ0) is 21.3. The van der Waals surface area contributed by atoms with Crippen LogP contribution in [-0.2, 0) is 0 Å². The normalized spacial score (nSPS) is 17.1. The Morgan fingerprint density at radius 3 is 2.50 bits per heavy atom. The van der Waals surface area contributed by atoms with E-state index < -0.39 is 0 Å². The summed E-state index contributed by atoms with van der Waals surface area (Å²) in [5, 5.41) is 8.95. The summed E-state index contributed by atoms with van der Waals surface area (Å²) in [6, 6.07) is 15.9. The lowest BCUT2D eigenvalue weighted by Crippen LogP contribution is -2.48. The molecule has 0 atom stereocenters. The molecule has 30 heavy (non-hydrogen) atoms. The Morgan fingerprint density at radius 2 is 1.80 bits per heavy atom. The molecule has 2 aliphatic rings. The first-order valence-electron chi connectivity index (χ1n) is 10.6. The molecule has 0 N–H and O–H groups in total. The number of benzene rings is 2. The molecule has 0 bridgehead atoms. The quantitative estimate of drug-likeness (QED) is 0.688. The number of allylic oxidation sites excluding steroid dienone is 2. The average Bonchev–Trinajstić information content (AvgIpc) is 2.87. The molecule has 1 amide bonds. The highest BCUT2D eigenvalue weighted by Crippen LogP contribution is 2.33. The first-order valence-corrected chi connectivity index (χ1v) is 10.6. The van der Waals surface area contributed by atoms with Crippen molar-refractivity contribution < 1.29 is 4.79 Å². The van der Waals surface area contributed by atoms with Crippen LogP contribution in [0.15, 0.2) is 53.2 Å². The van der Waals surface area contributed by atoms with Crippen molar-refractivity contribution in [1.29, 1.82) is 5.26 Å². The predicted molar refractivity (Wildman–Crippen MR) is 121 cm³/mol. The lowest BCUT2D eigenvalue weighted by atomic mass is 9.89. The summed E-state index contributed by atoms with van der Waals surface area (Å²) in [6.45, 7) is 7.72. The van der Waals surface area contributed by atoms with Gasteiger partial charge >= 0.3 is 0 Å². The molecule has 152 valence electrons. The summed E-state index contributed by atoms with van der Waals surface area (Å²) in [5.41, 5.74) is 8.47. The minimum atomic E-state index is 0.0905. The Morgan fingerprint density at radius 1 is 1.07 bits per heavy atom. The molecule has 1 saturated heterocycles. The van der Waals surface area contributed by atoms with Gasteiger partial charge in [-0.25, -0.2) is 0 Å². The highest BCUT2D eigenvalue weighted by Gasteiger charge is 2.32. The average molecular weight is 398 g/mol. The topological polar surface area (TPSA) is 56.5 Å². The molecule has 2 aromatic carbocycles. The van der Waals surface area contributed by atoms with Crippen molar-refractivity contribution in [3.05, 3.63) is 76.0 Å². The van der Waals surface area contributed by atoms with Crippen molar-refractivity contribution >= 4 is 17.2 Å². The van der Waals surface area contributed by atoms with Gasteiger partial charge in [0.1, 0.15) is 0 Å². The standard InChI is InChI=1S/C26H27N3O/c1-17-7-10-22(13-25(17)24-6-4-5-18(2)28-19(24)3)26(30)29-15-23(16-29)21-11-8-20(14-27)9-12-21/h7-13,23H,4-6,15-16H2,1-3H3. The SMILES string of the molecule is CC1=NC(C)=C(c2cc(C(=O)N3CC(c4ccc(C#N)cc4)C3)ccc2C)CCC1. The predicted octanol–water partition coefficient (Wildman–Crippen LogP) is 5.48. The molecule has 4 heteroatoms. The maximum absolute atomic E-state index is 13.1. The molecule has 2 heterocycles. The Balaban J connectivity index is 1.51. The molecule has 0 radical (unpaired) electrons. The number of carbonyl (C=O) groups excluding carboxylic acids is 1. The second kappa shape index (κ2) is 8.28. The van der Waals surface area contributed by atoms with Gasteiger partial charge in [-0.2, -0.15) is 5.26 Å². The fourth-order valence-electron chi connectivity index (χ4n) is 4.39. The fraction of sp³-hybridized carbons (Fsp3) is 0.346. The van der Waals surface area contributed by atoms with Gasteiger partial charge < -0.3 is 4.90 Å². The van der Waals surface area contributed by atoms with E-state index in [-0.39, 0.29) is 5.91 Å². The van der Waals surface area contributed by atoms with Crippen molar-refractivity contribution in [3.8, 4) is 6.07 Å². The van der Waals surface area contributed by atoms with E-state index in [1.807, 2.05) is 35.2 Å². The molecular weight excluding hydrogens is 370 g/mol. The third-order valence-corrected chi connectivity index (χ3v) is 6.25. The van der Waals surface area contributed by atoms with Crippen molar-refractivity contribution in [2.75, 3.05) is 13.1 Å². The number of amides is 1. The van der Waals surface area contributed by atoms with E-state index >= 15 is 0 Å². The van der Waals surface area contributed by atoms with Gasteiger partial charge in [-0.3, -0.25) is 9.79 Å². The highest BCUT2D eigenvalue weighted by atomic mass is 16.2. The number of carbonyl (C=O) groups is 1. The van der Waals surface area contributed by atoms with Crippen molar-refractivity contribution in [2.45, 2.75) is 46.0 Å². The molecule has 0 spiro atoms. The molecule has 0 aliphatic carbocycles. The van der Waals surface area contributed by atoms with Crippen molar-refractivity contribution in [3.63, 3.8) is 0 Å². The Hall–Kier alpha value is -3.19. The Labute approximate surface area is 178 Å². The van der Waals surface area contributed by atoms with Gasteiger partial charge in [0, 0.05) is 36.0 Å². The Bertz CT molecular complexity index is 1080. The van der Waals surface area contributed by atoms with Crippen LogP contribution in [0, 0.1) is 18.3 Å². The number of hydrogen-bond donors (Lipinski definition) is 0. The van der Waals surface area contributed by atoms with E-state index in [0.29, 0.717) is 11.5 Å². The maximum Gasteiger partial charge on any atom is 0.253 e.